The van der Waals surface area contributed by atoms with Crippen molar-refractivity contribution >= 4 is 28.9 Å². The normalized spacial score (nSPS) is 14.1. The summed E-state index contributed by atoms with van der Waals surface area (Å²) >= 11 is 0. The zero-order chi connectivity index (χ0) is 19.4. The van der Waals surface area contributed by atoms with Crippen LogP contribution in [0.1, 0.15) is 32.3 Å². The summed E-state index contributed by atoms with van der Waals surface area (Å²) in [6, 6.07) is 15.3. The summed E-state index contributed by atoms with van der Waals surface area (Å²) in [5.74, 6) is -0.666. The first-order valence-electron chi connectivity index (χ1n) is 9.41. The minimum absolute atomic E-state index is 0.332. The smallest absolute Gasteiger partial charge is 0.239 e. The topological polar surface area (TPSA) is 61.4 Å². The van der Waals surface area contributed by atoms with Gasteiger partial charge in [0.15, 0.2) is 0 Å². The molecule has 0 saturated carbocycles. The van der Waals surface area contributed by atoms with Crippen molar-refractivity contribution < 1.29 is 9.59 Å². The van der Waals surface area contributed by atoms with Crippen LogP contribution in [0.25, 0.3) is 0 Å². The van der Waals surface area contributed by atoms with Gasteiger partial charge in [-0.05, 0) is 75.6 Å². The van der Waals surface area contributed by atoms with Crippen LogP contribution in [0.5, 0.6) is 0 Å². The largest absolute Gasteiger partial charge is 0.372 e. The Bertz CT molecular complexity index is 822. The first-order chi connectivity index (χ1) is 12.9. The fourth-order valence-corrected chi connectivity index (χ4v) is 3.13. The van der Waals surface area contributed by atoms with Gasteiger partial charge in [-0.15, -0.1) is 0 Å². The van der Waals surface area contributed by atoms with E-state index in [2.05, 4.69) is 15.5 Å². The second-order valence-corrected chi connectivity index (χ2v) is 7.64. The SMILES string of the molecule is Cc1cccc(NC(=O)C(C)(C)C(=O)Nc2ccc(N3CCCC3)cc2)c1. The van der Waals surface area contributed by atoms with Gasteiger partial charge in [0.2, 0.25) is 11.8 Å². The molecule has 1 heterocycles. The maximum atomic E-state index is 12.7. The van der Waals surface area contributed by atoms with E-state index in [9.17, 15) is 9.59 Å². The fraction of sp³-hybridized carbons (Fsp3) is 0.364. The van der Waals surface area contributed by atoms with Crippen molar-refractivity contribution in [1.82, 2.24) is 0 Å². The molecule has 5 nitrogen and oxygen atoms in total. The molecule has 0 aliphatic carbocycles. The highest BCUT2D eigenvalue weighted by atomic mass is 16.2. The Labute approximate surface area is 160 Å². The van der Waals surface area contributed by atoms with Gasteiger partial charge in [-0.3, -0.25) is 9.59 Å². The molecule has 0 bridgehead atoms. The van der Waals surface area contributed by atoms with Gasteiger partial charge in [-0.1, -0.05) is 12.1 Å². The predicted molar refractivity (Wildman–Crippen MR) is 110 cm³/mol. The van der Waals surface area contributed by atoms with Gasteiger partial charge in [0.1, 0.15) is 5.41 Å². The number of anilines is 3. The molecule has 142 valence electrons. The molecule has 1 fully saturated rings. The average molecular weight is 365 g/mol. The quantitative estimate of drug-likeness (QED) is 0.781. The lowest BCUT2D eigenvalue weighted by atomic mass is 9.90. The van der Waals surface area contributed by atoms with Gasteiger partial charge in [-0.2, -0.15) is 0 Å². The van der Waals surface area contributed by atoms with E-state index in [-0.39, 0.29) is 11.8 Å². The molecular weight excluding hydrogens is 338 g/mol. The van der Waals surface area contributed by atoms with Crippen molar-refractivity contribution in [3.05, 3.63) is 54.1 Å². The van der Waals surface area contributed by atoms with Crippen molar-refractivity contribution in [1.29, 1.82) is 0 Å². The number of nitrogens with one attached hydrogen (secondary N) is 2. The number of hydrogen-bond acceptors (Lipinski definition) is 3. The summed E-state index contributed by atoms with van der Waals surface area (Å²) in [6.07, 6.45) is 2.45. The van der Waals surface area contributed by atoms with Crippen molar-refractivity contribution in [3.63, 3.8) is 0 Å². The van der Waals surface area contributed by atoms with Crippen LogP contribution in [0.2, 0.25) is 0 Å². The number of nitrogens with zero attached hydrogens (tertiary/aromatic N) is 1. The van der Waals surface area contributed by atoms with E-state index in [1.165, 1.54) is 18.5 Å². The molecule has 2 N–H and O–H groups in total. The molecule has 0 aromatic heterocycles. The standard InChI is InChI=1S/C22H27N3O2/c1-16-7-6-8-18(15-16)24-21(27)22(2,3)20(26)23-17-9-11-19(12-10-17)25-13-4-5-14-25/h6-12,15H,4-5,13-14H2,1-3H3,(H,23,26)(H,24,27). The lowest BCUT2D eigenvalue weighted by Crippen LogP contribution is -2.41. The van der Waals surface area contributed by atoms with Crippen LogP contribution < -0.4 is 15.5 Å². The lowest BCUT2D eigenvalue weighted by molar-refractivity contribution is -0.135. The number of carbonyl (C=O) groups excluding carboxylic acids is 2. The zero-order valence-electron chi connectivity index (χ0n) is 16.2. The Morgan fingerprint density at radius 3 is 2.07 bits per heavy atom. The van der Waals surface area contributed by atoms with Gasteiger partial charge in [0.25, 0.3) is 0 Å². The van der Waals surface area contributed by atoms with Gasteiger partial charge < -0.3 is 15.5 Å². The third kappa shape index (κ3) is 4.48. The monoisotopic (exact) mass is 365 g/mol. The summed E-state index contributed by atoms with van der Waals surface area (Å²) in [5, 5.41) is 5.69. The first-order valence-corrected chi connectivity index (χ1v) is 9.41. The summed E-state index contributed by atoms with van der Waals surface area (Å²) in [5.41, 5.74) is 2.41. The molecule has 2 aromatic carbocycles. The third-order valence-corrected chi connectivity index (χ3v) is 5.01. The highest BCUT2D eigenvalue weighted by Gasteiger charge is 2.36. The molecule has 27 heavy (non-hydrogen) atoms. The summed E-state index contributed by atoms with van der Waals surface area (Å²) in [4.78, 5) is 27.7. The van der Waals surface area contributed by atoms with Gasteiger partial charge in [0.05, 0.1) is 0 Å². The Kier molecular flexibility index (Phi) is 5.49. The molecule has 5 heteroatoms. The van der Waals surface area contributed by atoms with Crippen LogP contribution in [-0.4, -0.2) is 24.9 Å². The van der Waals surface area contributed by atoms with Crippen LogP contribution in [0.4, 0.5) is 17.1 Å². The average Bonchev–Trinajstić information content (AvgIpc) is 3.17. The molecular formula is C22H27N3O2. The second kappa shape index (κ2) is 7.82. The van der Waals surface area contributed by atoms with E-state index in [0.29, 0.717) is 11.4 Å². The number of carbonyl (C=O) groups is 2. The van der Waals surface area contributed by atoms with E-state index in [1.807, 2.05) is 55.5 Å². The number of rotatable bonds is 5. The minimum Gasteiger partial charge on any atom is -0.372 e. The maximum Gasteiger partial charge on any atom is 0.239 e. The number of amides is 2. The molecule has 0 radical (unpaired) electrons. The van der Waals surface area contributed by atoms with Crippen LogP contribution in [0, 0.1) is 12.3 Å². The van der Waals surface area contributed by atoms with Crippen LogP contribution >= 0.6 is 0 Å². The zero-order valence-corrected chi connectivity index (χ0v) is 16.2. The summed E-state index contributed by atoms with van der Waals surface area (Å²) in [6.45, 7) is 7.38. The summed E-state index contributed by atoms with van der Waals surface area (Å²) in [7, 11) is 0. The molecule has 0 spiro atoms. The van der Waals surface area contributed by atoms with Crippen molar-refractivity contribution in [2.45, 2.75) is 33.6 Å². The first kappa shape index (κ1) is 19.0. The number of hydrogen-bond donors (Lipinski definition) is 2. The van der Waals surface area contributed by atoms with Crippen LogP contribution in [-0.2, 0) is 9.59 Å². The Morgan fingerprint density at radius 2 is 1.48 bits per heavy atom. The molecule has 3 rings (SSSR count). The number of aryl methyl sites for hydroxylation is 1. The van der Waals surface area contributed by atoms with Gasteiger partial charge in [0, 0.05) is 30.2 Å². The Hall–Kier alpha value is -2.82. The van der Waals surface area contributed by atoms with Crippen LogP contribution in [0.3, 0.4) is 0 Å². The Balaban J connectivity index is 1.63. The molecule has 1 saturated heterocycles. The molecule has 1 aliphatic rings. The molecule has 0 unspecified atom stereocenters. The Morgan fingerprint density at radius 1 is 0.889 bits per heavy atom. The van der Waals surface area contributed by atoms with E-state index in [4.69, 9.17) is 0 Å². The molecule has 1 aliphatic heterocycles. The highest BCUT2D eigenvalue weighted by molar-refractivity contribution is 6.14. The second-order valence-electron chi connectivity index (χ2n) is 7.64. The van der Waals surface area contributed by atoms with Gasteiger partial charge in [-0.25, -0.2) is 0 Å². The molecule has 2 aromatic rings. The van der Waals surface area contributed by atoms with E-state index in [0.717, 1.165) is 18.7 Å². The minimum atomic E-state index is -1.20. The van der Waals surface area contributed by atoms with Crippen LogP contribution in [0.15, 0.2) is 48.5 Å². The predicted octanol–water partition coefficient (Wildman–Crippen LogP) is 4.20. The van der Waals surface area contributed by atoms with Gasteiger partial charge >= 0.3 is 0 Å². The highest BCUT2D eigenvalue weighted by Crippen LogP contribution is 2.25. The number of benzene rings is 2. The van der Waals surface area contributed by atoms with Crippen molar-refractivity contribution in [3.8, 4) is 0 Å². The van der Waals surface area contributed by atoms with E-state index < -0.39 is 5.41 Å². The fourth-order valence-electron chi connectivity index (χ4n) is 3.13. The summed E-state index contributed by atoms with van der Waals surface area (Å²) < 4.78 is 0. The van der Waals surface area contributed by atoms with E-state index >= 15 is 0 Å². The third-order valence-electron chi connectivity index (χ3n) is 5.01. The molecule has 2 amide bonds. The lowest BCUT2D eigenvalue weighted by Gasteiger charge is -2.23. The van der Waals surface area contributed by atoms with Crippen molar-refractivity contribution in [2.24, 2.45) is 5.41 Å². The van der Waals surface area contributed by atoms with E-state index in [1.54, 1.807) is 13.8 Å². The van der Waals surface area contributed by atoms with Crippen molar-refractivity contribution in [2.75, 3.05) is 28.6 Å². The maximum absolute atomic E-state index is 12.7. The molecule has 0 atom stereocenters.